The zero-order valence-corrected chi connectivity index (χ0v) is 10.6. The predicted molar refractivity (Wildman–Crippen MR) is 71.9 cm³/mol. The fraction of sp³-hybridized carbons (Fsp3) is 0.500. The molecule has 0 atom stereocenters. The number of nitrogens with one attached hydrogen (secondary N) is 1. The smallest absolute Gasteiger partial charge is 0.121 e. The molecular formula is C14H19N3O. The molecule has 1 fully saturated rings. The third-order valence-electron chi connectivity index (χ3n) is 3.52. The lowest BCUT2D eigenvalue weighted by Gasteiger charge is -2.26. The van der Waals surface area contributed by atoms with Crippen molar-refractivity contribution in [2.24, 2.45) is 0 Å². The normalized spacial score (nSPS) is 17.1. The molecule has 0 radical (unpaired) electrons. The van der Waals surface area contributed by atoms with Crippen LogP contribution in [0.15, 0.2) is 24.5 Å². The molecule has 0 saturated carbocycles. The first-order chi connectivity index (χ1) is 8.92. The third-order valence-corrected chi connectivity index (χ3v) is 3.52. The number of likely N-dealkylation sites (tertiary alicyclic amines) is 1. The number of nitrogens with zero attached hydrogens (tertiary/aromatic N) is 2. The van der Waals surface area contributed by atoms with Gasteiger partial charge in [-0.15, -0.1) is 0 Å². The Labute approximate surface area is 107 Å². The van der Waals surface area contributed by atoms with Crippen LogP contribution in [0.25, 0.3) is 11.0 Å². The summed E-state index contributed by atoms with van der Waals surface area (Å²) in [7, 11) is 0. The molecule has 1 N–H and O–H groups in total. The van der Waals surface area contributed by atoms with Gasteiger partial charge in [-0.05, 0) is 38.1 Å². The van der Waals surface area contributed by atoms with Gasteiger partial charge in [0.2, 0.25) is 0 Å². The molecular weight excluding hydrogens is 226 g/mol. The number of rotatable bonds is 4. The summed E-state index contributed by atoms with van der Waals surface area (Å²) in [4.78, 5) is 9.78. The predicted octanol–water partition coefficient (Wildman–Crippen LogP) is 2.43. The fourth-order valence-electron chi connectivity index (χ4n) is 2.48. The number of H-pyrrole nitrogens is 1. The monoisotopic (exact) mass is 245 g/mol. The lowest BCUT2D eigenvalue weighted by atomic mass is 10.1. The van der Waals surface area contributed by atoms with E-state index in [1.807, 2.05) is 18.2 Å². The van der Waals surface area contributed by atoms with Gasteiger partial charge in [0.1, 0.15) is 12.4 Å². The van der Waals surface area contributed by atoms with Crippen molar-refractivity contribution in [3.63, 3.8) is 0 Å². The second kappa shape index (κ2) is 5.40. The Kier molecular flexibility index (Phi) is 3.46. The van der Waals surface area contributed by atoms with Crippen molar-refractivity contribution in [2.75, 3.05) is 26.2 Å². The number of ether oxygens (including phenoxy) is 1. The molecule has 1 aromatic carbocycles. The first kappa shape index (κ1) is 11.5. The molecule has 0 unspecified atom stereocenters. The summed E-state index contributed by atoms with van der Waals surface area (Å²) in [5.74, 6) is 0.920. The second-order valence-corrected chi connectivity index (χ2v) is 4.83. The van der Waals surface area contributed by atoms with Crippen molar-refractivity contribution in [1.29, 1.82) is 0 Å². The molecule has 1 saturated heterocycles. The van der Waals surface area contributed by atoms with E-state index in [4.69, 9.17) is 4.74 Å². The summed E-state index contributed by atoms with van der Waals surface area (Å²) in [6.45, 7) is 4.24. The van der Waals surface area contributed by atoms with Crippen LogP contribution in [-0.2, 0) is 0 Å². The van der Waals surface area contributed by atoms with Gasteiger partial charge in [-0.2, -0.15) is 0 Å². The van der Waals surface area contributed by atoms with E-state index in [0.717, 1.165) is 29.9 Å². The van der Waals surface area contributed by atoms with Crippen molar-refractivity contribution in [2.45, 2.75) is 19.3 Å². The minimum atomic E-state index is 0.764. The Morgan fingerprint density at radius 2 is 2.11 bits per heavy atom. The van der Waals surface area contributed by atoms with Gasteiger partial charge in [0.25, 0.3) is 0 Å². The molecule has 1 aliphatic rings. The van der Waals surface area contributed by atoms with Gasteiger partial charge in [-0.25, -0.2) is 4.98 Å². The maximum atomic E-state index is 5.80. The number of imidazole rings is 1. The molecule has 0 spiro atoms. The summed E-state index contributed by atoms with van der Waals surface area (Å²) >= 11 is 0. The molecule has 0 amide bonds. The topological polar surface area (TPSA) is 41.1 Å². The van der Waals surface area contributed by atoms with Crippen molar-refractivity contribution in [3.05, 3.63) is 24.5 Å². The van der Waals surface area contributed by atoms with Crippen LogP contribution in [0.1, 0.15) is 19.3 Å². The average Bonchev–Trinajstić information content (AvgIpc) is 2.87. The largest absolute Gasteiger partial charge is 0.492 e. The summed E-state index contributed by atoms with van der Waals surface area (Å²) in [5.41, 5.74) is 2.02. The van der Waals surface area contributed by atoms with Crippen LogP contribution in [-0.4, -0.2) is 41.1 Å². The molecule has 2 aromatic rings. The highest BCUT2D eigenvalue weighted by atomic mass is 16.5. The van der Waals surface area contributed by atoms with Gasteiger partial charge in [0, 0.05) is 12.6 Å². The molecule has 96 valence electrons. The van der Waals surface area contributed by atoms with Crippen molar-refractivity contribution >= 4 is 11.0 Å². The zero-order chi connectivity index (χ0) is 12.2. The van der Waals surface area contributed by atoms with E-state index in [-0.39, 0.29) is 0 Å². The maximum absolute atomic E-state index is 5.80. The molecule has 1 aromatic heterocycles. The first-order valence-electron chi connectivity index (χ1n) is 6.70. The third kappa shape index (κ3) is 2.64. The van der Waals surface area contributed by atoms with Gasteiger partial charge in [0.15, 0.2) is 0 Å². The summed E-state index contributed by atoms with van der Waals surface area (Å²) in [6, 6.07) is 5.99. The van der Waals surface area contributed by atoms with Crippen molar-refractivity contribution < 1.29 is 4.74 Å². The first-order valence-corrected chi connectivity index (χ1v) is 6.70. The minimum absolute atomic E-state index is 0.764. The highest BCUT2D eigenvalue weighted by Crippen LogP contribution is 2.17. The van der Waals surface area contributed by atoms with E-state index >= 15 is 0 Å². The SMILES string of the molecule is c1nc2ccc(OCCN3CCCCC3)cc2[nH]1. The van der Waals surface area contributed by atoms with E-state index in [1.54, 1.807) is 6.33 Å². The van der Waals surface area contributed by atoms with E-state index in [9.17, 15) is 0 Å². The van der Waals surface area contributed by atoms with Gasteiger partial charge >= 0.3 is 0 Å². The Balaban J connectivity index is 1.52. The molecule has 0 aliphatic carbocycles. The average molecular weight is 245 g/mol. The molecule has 2 heterocycles. The second-order valence-electron chi connectivity index (χ2n) is 4.83. The highest BCUT2D eigenvalue weighted by molar-refractivity contribution is 5.75. The maximum Gasteiger partial charge on any atom is 0.121 e. The number of aromatic amines is 1. The van der Waals surface area contributed by atoms with Crippen LogP contribution in [0.3, 0.4) is 0 Å². The van der Waals surface area contributed by atoms with Crippen LogP contribution in [0.4, 0.5) is 0 Å². The van der Waals surface area contributed by atoms with Crippen molar-refractivity contribution in [1.82, 2.24) is 14.9 Å². The lowest BCUT2D eigenvalue weighted by Crippen LogP contribution is -2.33. The van der Waals surface area contributed by atoms with Crippen LogP contribution >= 0.6 is 0 Å². The standard InChI is InChI=1S/C14H19N3O/c1-2-6-17(7-3-1)8-9-18-12-4-5-13-14(10-12)16-11-15-13/h4-5,10-11H,1-3,6-9H2,(H,15,16). The minimum Gasteiger partial charge on any atom is -0.492 e. The molecule has 4 heteroatoms. The van der Waals surface area contributed by atoms with Gasteiger partial charge in [-0.1, -0.05) is 6.42 Å². The Morgan fingerprint density at radius 3 is 3.00 bits per heavy atom. The fourth-order valence-corrected chi connectivity index (χ4v) is 2.48. The molecule has 0 bridgehead atoms. The van der Waals surface area contributed by atoms with Crippen LogP contribution in [0.5, 0.6) is 5.75 Å². The van der Waals surface area contributed by atoms with E-state index in [1.165, 1.54) is 32.4 Å². The Bertz CT molecular complexity index is 502. The number of hydrogen-bond donors (Lipinski definition) is 1. The number of piperidine rings is 1. The molecule has 3 rings (SSSR count). The summed E-state index contributed by atoms with van der Waals surface area (Å²) in [5, 5.41) is 0. The quantitative estimate of drug-likeness (QED) is 0.899. The summed E-state index contributed by atoms with van der Waals surface area (Å²) in [6.07, 6.45) is 5.76. The summed E-state index contributed by atoms with van der Waals surface area (Å²) < 4.78 is 5.80. The Morgan fingerprint density at radius 1 is 1.22 bits per heavy atom. The van der Waals surface area contributed by atoms with Crippen LogP contribution in [0, 0.1) is 0 Å². The van der Waals surface area contributed by atoms with E-state index < -0.39 is 0 Å². The molecule has 4 nitrogen and oxygen atoms in total. The van der Waals surface area contributed by atoms with Gasteiger partial charge < -0.3 is 9.72 Å². The van der Waals surface area contributed by atoms with Crippen molar-refractivity contribution in [3.8, 4) is 5.75 Å². The lowest BCUT2D eigenvalue weighted by molar-refractivity contribution is 0.183. The highest BCUT2D eigenvalue weighted by Gasteiger charge is 2.09. The number of fused-ring (bicyclic) bond motifs is 1. The van der Waals surface area contributed by atoms with Gasteiger partial charge in [0.05, 0.1) is 17.4 Å². The van der Waals surface area contributed by atoms with Crippen LogP contribution in [0.2, 0.25) is 0 Å². The Hall–Kier alpha value is -1.55. The molecule has 18 heavy (non-hydrogen) atoms. The number of hydrogen-bond acceptors (Lipinski definition) is 3. The van der Waals surface area contributed by atoms with Gasteiger partial charge in [-0.3, -0.25) is 4.90 Å². The van der Waals surface area contributed by atoms with E-state index in [2.05, 4.69) is 14.9 Å². The van der Waals surface area contributed by atoms with Crippen LogP contribution < -0.4 is 4.74 Å². The van der Waals surface area contributed by atoms with E-state index in [0.29, 0.717) is 0 Å². The number of aromatic nitrogens is 2. The zero-order valence-electron chi connectivity index (χ0n) is 10.6. The molecule has 1 aliphatic heterocycles. The number of benzene rings is 1.